The fourth-order valence-corrected chi connectivity index (χ4v) is 5.37. The molecule has 0 aromatic rings. The van der Waals surface area contributed by atoms with Crippen LogP contribution in [0.1, 0.15) is 0 Å². The number of halogens is 7. The Kier molecular flexibility index (Phi) is 5.12. The molecule has 1 aliphatic heterocycles. The lowest BCUT2D eigenvalue weighted by Gasteiger charge is -2.26. The van der Waals surface area contributed by atoms with Crippen molar-refractivity contribution in [3.05, 3.63) is 0 Å². The van der Waals surface area contributed by atoms with Gasteiger partial charge in [-0.3, -0.25) is 0 Å². The van der Waals surface area contributed by atoms with E-state index in [-0.39, 0.29) is 0 Å². The van der Waals surface area contributed by atoms with Crippen LogP contribution in [0.4, 0.5) is 30.2 Å². The fourth-order valence-electron chi connectivity index (χ4n) is 0.457. The number of nitrogens with zero attached hydrogens (tertiary/aromatic N) is 4. The summed E-state index contributed by atoms with van der Waals surface area (Å²) in [6.07, 6.45) is 0. The van der Waals surface area contributed by atoms with E-state index >= 15 is 0 Å². The third-order valence-electron chi connectivity index (χ3n) is 1.01. The Bertz CT molecular complexity index is 261. The van der Waals surface area contributed by atoms with Crippen molar-refractivity contribution in [2.45, 2.75) is 0 Å². The molecule has 4 nitrogen and oxygen atoms in total. The highest BCUT2D eigenvalue weighted by atomic mass is 31.3. The molecule has 4 atom stereocenters. The minimum Gasteiger partial charge on any atom is -0.192 e. The summed E-state index contributed by atoms with van der Waals surface area (Å²) in [5.41, 5.74) is 0. The Morgan fingerprint density at radius 3 is 2.00 bits per heavy atom. The predicted molar refractivity (Wildman–Crippen MR) is 44.8 cm³/mol. The molecule has 0 aromatic heterocycles. The third kappa shape index (κ3) is 2.97. The van der Waals surface area contributed by atoms with E-state index in [1.165, 1.54) is 0 Å². The van der Waals surface area contributed by atoms with E-state index in [9.17, 15) is 30.2 Å². The second-order valence-electron chi connectivity index (χ2n) is 1.83. The minimum absolute atomic E-state index is 1.35. The lowest BCUT2D eigenvalue weighted by Crippen LogP contribution is -2.11. The van der Waals surface area contributed by atoms with Gasteiger partial charge in [-0.25, -0.2) is 0 Å². The summed E-state index contributed by atoms with van der Waals surface area (Å²) in [5, 5.41) is 0. The lowest BCUT2D eigenvalue weighted by molar-refractivity contribution is 0.167. The van der Waals surface area contributed by atoms with Crippen LogP contribution in [0.3, 0.4) is 0 Å². The second kappa shape index (κ2) is 5.50. The van der Waals surface area contributed by atoms with E-state index in [1.54, 1.807) is 0 Å². The van der Waals surface area contributed by atoms with Crippen LogP contribution in [0.25, 0.3) is 0 Å². The first-order chi connectivity index (χ1) is 6.86. The molecule has 0 saturated heterocycles. The van der Waals surface area contributed by atoms with E-state index in [2.05, 4.69) is 4.52 Å². The molecule has 0 aliphatic carbocycles. The summed E-state index contributed by atoms with van der Waals surface area (Å²) in [4.78, 5) is 0. The zero-order chi connectivity index (χ0) is 11.7. The van der Waals surface area contributed by atoms with E-state index < -0.39 is 47.8 Å². The largest absolute Gasteiger partial charge is 0.322 e. The molecule has 0 fully saturated rings. The van der Waals surface area contributed by atoms with Gasteiger partial charge in [0.15, 0.2) is 0 Å². The molecule has 90 valence electrons. The molecule has 0 N–H and O–H groups in total. The molecule has 0 radical (unpaired) electrons. The van der Waals surface area contributed by atoms with Gasteiger partial charge in [-0.2, -0.15) is 21.3 Å². The van der Waals surface area contributed by atoms with Crippen molar-refractivity contribution in [2.24, 2.45) is 4.52 Å². The van der Waals surface area contributed by atoms with Crippen LogP contribution in [0, 0.1) is 0 Å². The Morgan fingerprint density at radius 2 is 1.47 bits per heavy atom. The summed E-state index contributed by atoms with van der Waals surface area (Å²) in [6, 6.07) is 0. The van der Waals surface area contributed by atoms with Gasteiger partial charge in [0.05, 0.1) is 0 Å². The molecule has 4 unspecified atom stereocenters. The molecule has 0 spiro atoms. The summed E-state index contributed by atoms with van der Waals surface area (Å²) in [7, 11) is -16.4. The van der Waals surface area contributed by atoms with Gasteiger partial charge >= 0.3 is 25.6 Å². The Labute approximate surface area is 83.4 Å². The van der Waals surface area contributed by atoms with E-state index in [1.807, 2.05) is 0 Å². The molecule has 0 amide bonds. The van der Waals surface area contributed by atoms with Crippen molar-refractivity contribution in [3.8, 4) is 0 Å². The molecule has 1 aliphatic rings. The van der Waals surface area contributed by atoms with Crippen molar-refractivity contribution >= 4 is 33.8 Å². The van der Waals surface area contributed by atoms with Gasteiger partial charge in [0.25, 0.3) is 0 Å². The van der Waals surface area contributed by atoms with Gasteiger partial charge in [-0.15, -0.1) is 13.4 Å². The zero-order valence-electron chi connectivity index (χ0n) is 6.28. The zero-order valence-corrected chi connectivity index (χ0v) is 9.96. The van der Waals surface area contributed by atoms with Crippen molar-refractivity contribution in [2.75, 3.05) is 0 Å². The Balaban J connectivity index is 3.02. The van der Waals surface area contributed by atoms with Crippen molar-refractivity contribution in [3.63, 3.8) is 0 Å². The molecular weight excluding hydrogens is 313 g/mol. The van der Waals surface area contributed by atoms with Gasteiger partial charge in [0.2, 0.25) is 8.17 Å². The quantitative estimate of drug-likeness (QED) is 0.342. The summed E-state index contributed by atoms with van der Waals surface area (Å²) < 4.78 is 85.6. The van der Waals surface area contributed by atoms with Gasteiger partial charge in [-0.1, -0.05) is 0 Å². The molecule has 0 saturated carbocycles. The maximum absolute atomic E-state index is 12.6. The lowest BCUT2D eigenvalue weighted by atomic mass is 13.6. The smallest absolute Gasteiger partial charge is 0.192 e. The van der Waals surface area contributed by atoms with Gasteiger partial charge in [0, 0.05) is 0 Å². The summed E-state index contributed by atoms with van der Waals surface area (Å²) in [5.74, 6) is 0. The van der Waals surface area contributed by atoms with Crippen LogP contribution >= 0.6 is 33.8 Å². The van der Waals surface area contributed by atoms with Crippen LogP contribution in [0.15, 0.2) is 4.52 Å². The van der Waals surface area contributed by atoms with Crippen LogP contribution in [0.5, 0.6) is 0 Å². The average Bonchev–Trinajstić information content (AvgIpc) is 2.22. The van der Waals surface area contributed by atoms with Crippen LogP contribution in [-0.2, 0) is 0 Å². The first kappa shape index (κ1) is 14.0. The van der Waals surface area contributed by atoms with Gasteiger partial charge in [0.1, 0.15) is 0 Å². The third-order valence-corrected chi connectivity index (χ3v) is 6.77. The normalized spacial score (nSPS) is 43.1. The highest BCUT2D eigenvalue weighted by Crippen LogP contribution is 2.75. The second-order valence-corrected chi connectivity index (χ2v) is 7.77. The topological polar surface area (TPSA) is 22.1 Å². The Morgan fingerprint density at radius 1 is 0.933 bits per heavy atom. The predicted octanol–water partition coefficient (Wildman–Crippen LogP) is 5.35. The minimum atomic E-state index is -4.24. The standard InChI is InChI=1S/F7HN4P4/c1-9-12(4)8-13(5)10(2)15(7)11(3)14(9)6/h12H. The molecule has 0 aromatic carbocycles. The maximum atomic E-state index is 12.6. The van der Waals surface area contributed by atoms with Gasteiger partial charge < -0.3 is 0 Å². The molecular formula is HF7N4P4. The highest BCUT2D eigenvalue weighted by molar-refractivity contribution is 7.74. The first-order valence-electron chi connectivity index (χ1n) is 2.85. The first-order valence-corrected chi connectivity index (χ1v) is 7.54. The molecule has 15 heteroatoms. The van der Waals surface area contributed by atoms with Crippen molar-refractivity contribution < 1.29 is 30.2 Å². The Hall–Kier alpha value is 0.910. The molecule has 15 heavy (non-hydrogen) atoms. The van der Waals surface area contributed by atoms with Crippen LogP contribution in [0.2, 0.25) is 0 Å². The van der Waals surface area contributed by atoms with Crippen molar-refractivity contribution in [1.82, 2.24) is 14.0 Å². The maximum Gasteiger partial charge on any atom is 0.322 e. The molecule has 0 bridgehead atoms. The van der Waals surface area contributed by atoms with Crippen LogP contribution < -0.4 is 0 Å². The SMILES string of the molecule is FN1P(F)/N=[PH](/F)N(F)P(F)N(F)P1F. The monoisotopic (exact) mass is 314 g/mol. The summed E-state index contributed by atoms with van der Waals surface area (Å²) >= 11 is 0. The average molecular weight is 314 g/mol. The number of hydrogen-bond acceptors (Lipinski definition) is 4. The highest BCUT2D eigenvalue weighted by Gasteiger charge is 2.46. The number of hydrogen-bond donors (Lipinski definition) is 0. The van der Waals surface area contributed by atoms with Gasteiger partial charge in [-0.05, 0) is 14.0 Å². The van der Waals surface area contributed by atoms with Crippen LogP contribution in [-0.4, -0.2) is 14.0 Å². The van der Waals surface area contributed by atoms with E-state index in [0.717, 1.165) is 0 Å². The van der Waals surface area contributed by atoms with Crippen molar-refractivity contribution in [1.29, 1.82) is 0 Å². The molecule has 1 heterocycles. The fraction of sp³-hybridized carbons (Fsp3) is 0. The van der Waals surface area contributed by atoms with E-state index in [4.69, 9.17) is 0 Å². The molecule has 1 rings (SSSR count). The summed E-state index contributed by atoms with van der Waals surface area (Å²) in [6.45, 7) is 0. The number of rotatable bonds is 0. The van der Waals surface area contributed by atoms with E-state index in [0.29, 0.717) is 0 Å².